The van der Waals surface area contributed by atoms with Crippen molar-refractivity contribution in [3.63, 3.8) is 0 Å². The Bertz CT molecular complexity index is 1250. The van der Waals surface area contributed by atoms with Gasteiger partial charge in [-0.15, -0.1) is 11.3 Å². The van der Waals surface area contributed by atoms with Crippen LogP contribution in [0.1, 0.15) is 50.0 Å². The van der Waals surface area contributed by atoms with Crippen LogP contribution in [0.4, 0.5) is 4.79 Å². The molecular weight excluding hydrogens is 488 g/mol. The third-order valence-electron chi connectivity index (χ3n) is 6.05. The zero-order valence-corrected chi connectivity index (χ0v) is 21.9. The van der Waals surface area contributed by atoms with Gasteiger partial charge in [-0.1, -0.05) is 36.4 Å². The molecule has 2 atom stereocenters. The summed E-state index contributed by atoms with van der Waals surface area (Å²) in [5.74, 6) is -0.880. The second-order valence-corrected chi connectivity index (χ2v) is 12.8. The number of nitrogens with zero attached hydrogens (tertiary/aromatic N) is 1. The van der Waals surface area contributed by atoms with Crippen molar-refractivity contribution in [2.45, 2.75) is 54.9 Å². The van der Waals surface area contributed by atoms with Crippen LogP contribution in [0.5, 0.6) is 0 Å². The van der Waals surface area contributed by atoms with E-state index in [0.29, 0.717) is 25.9 Å². The van der Waals surface area contributed by atoms with Gasteiger partial charge in [-0.2, -0.15) is 4.72 Å². The van der Waals surface area contributed by atoms with Gasteiger partial charge in [0.2, 0.25) is 0 Å². The molecule has 4 rings (SSSR count). The predicted octanol–water partition coefficient (Wildman–Crippen LogP) is 4.15. The highest BCUT2D eigenvalue weighted by molar-refractivity contribution is 7.91. The van der Waals surface area contributed by atoms with Gasteiger partial charge in [-0.05, 0) is 56.9 Å². The minimum atomic E-state index is -3.96. The summed E-state index contributed by atoms with van der Waals surface area (Å²) in [6, 6.07) is 12.7. The summed E-state index contributed by atoms with van der Waals surface area (Å²) < 4.78 is 39.7. The van der Waals surface area contributed by atoms with Gasteiger partial charge in [0.05, 0.1) is 7.11 Å². The maximum absolute atomic E-state index is 13.3. The Morgan fingerprint density at radius 2 is 1.86 bits per heavy atom. The molecule has 0 saturated heterocycles. The van der Waals surface area contributed by atoms with Gasteiger partial charge < -0.3 is 14.4 Å². The Balaban J connectivity index is 1.48. The Hall–Kier alpha value is -2.69. The molecule has 10 heteroatoms. The van der Waals surface area contributed by atoms with Crippen LogP contribution in [-0.4, -0.2) is 56.7 Å². The number of hydrogen-bond acceptors (Lipinski definition) is 7. The Labute approximate surface area is 210 Å². The molecule has 1 aliphatic heterocycles. The smallest absolute Gasteiger partial charge is 0.410 e. The Morgan fingerprint density at radius 1 is 1.14 bits per heavy atom. The number of thiophene rings is 1. The number of sulfonamides is 1. The number of methoxy groups -OCH3 is 1. The van der Waals surface area contributed by atoms with Crippen molar-refractivity contribution >= 4 is 39.0 Å². The molecule has 1 amide bonds. The number of nitrogens with one attached hydrogen (secondary N) is 1. The molecule has 2 aliphatic rings. The van der Waals surface area contributed by atoms with Crippen LogP contribution in [0, 0.1) is 0 Å². The van der Waals surface area contributed by atoms with Crippen LogP contribution in [0.25, 0.3) is 5.57 Å². The molecule has 1 N–H and O–H groups in total. The van der Waals surface area contributed by atoms with Gasteiger partial charge in [-0.3, -0.25) is 4.79 Å². The molecule has 0 radical (unpaired) electrons. The first kappa shape index (κ1) is 25.4. The lowest BCUT2D eigenvalue weighted by molar-refractivity contribution is -0.144. The van der Waals surface area contributed by atoms with E-state index in [9.17, 15) is 18.0 Å². The van der Waals surface area contributed by atoms with Crippen LogP contribution in [0.3, 0.4) is 0 Å². The van der Waals surface area contributed by atoms with Gasteiger partial charge >= 0.3 is 12.1 Å². The monoisotopic (exact) mass is 518 g/mol. The van der Waals surface area contributed by atoms with Crippen LogP contribution in [-0.2, 0) is 24.3 Å². The molecule has 0 bridgehead atoms. The number of rotatable bonds is 6. The lowest BCUT2D eigenvalue weighted by Crippen LogP contribution is -2.45. The van der Waals surface area contributed by atoms with E-state index in [1.807, 2.05) is 57.2 Å². The summed E-state index contributed by atoms with van der Waals surface area (Å²) in [6.07, 6.45) is 2.49. The highest BCUT2D eigenvalue weighted by Gasteiger charge is 2.64. The SMILES string of the molecule is COC(=O)[C@]1(NS(=O)(=O)c2ccc(C3=CCN(C(=O)OC(C)(C)C)CC3)s2)C[C@@H]1c1ccccc1. The van der Waals surface area contributed by atoms with E-state index >= 15 is 0 Å². The average Bonchev–Trinajstić information content (AvgIpc) is 3.29. The van der Waals surface area contributed by atoms with Crippen molar-refractivity contribution in [1.82, 2.24) is 9.62 Å². The van der Waals surface area contributed by atoms with Gasteiger partial charge in [0.1, 0.15) is 15.3 Å². The highest BCUT2D eigenvalue weighted by Crippen LogP contribution is 2.53. The van der Waals surface area contributed by atoms with Gasteiger partial charge in [0.15, 0.2) is 0 Å². The molecular formula is C25H30N2O6S2. The van der Waals surface area contributed by atoms with Crippen molar-refractivity contribution in [2.75, 3.05) is 20.2 Å². The van der Waals surface area contributed by atoms with E-state index in [4.69, 9.17) is 9.47 Å². The first-order valence-electron chi connectivity index (χ1n) is 11.4. The third-order valence-corrected chi connectivity index (χ3v) is 9.21. The summed E-state index contributed by atoms with van der Waals surface area (Å²) in [7, 11) is -2.70. The van der Waals surface area contributed by atoms with Gasteiger partial charge in [-0.25, -0.2) is 13.2 Å². The third kappa shape index (κ3) is 5.44. The predicted molar refractivity (Wildman–Crippen MR) is 134 cm³/mol. The fourth-order valence-electron chi connectivity index (χ4n) is 4.23. The molecule has 8 nitrogen and oxygen atoms in total. The largest absolute Gasteiger partial charge is 0.468 e. The van der Waals surface area contributed by atoms with Crippen LogP contribution < -0.4 is 4.72 Å². The molecule has 1 aromatic heterocycles. The lowest BCUT2D eigenvalue weighted by atomic mass is 10.1. The van der Waals surface area contributed by atoms with Crippen molar-refractivity contribution in [2.24, 2.45) is 0 Å². The van der Waals surface area contributed by atoms with Crippen molar-refractivity contribution in [3.8, 4) is 0 Å². The second-order valence-electron chi connectivity index (χ2n) is 9.76. The van der Waals surface area contributed by atoms with Crippen molar-refractivity contribution in [1.29, 1.82) is 0 Å². The quantitative estimate of drug-likeness (QED) is 0.577. The lowest BCUT2D eigenvalue weighted by Gasteiger charge is -2.29. The average molecular weight is 519 g/mol. The zero-order valence-electron chi connectivity index (χ0n) is 20.2. The minimum Gasteiger partial charge on any atom is -0.468 e. The maximum Gasteiger partial charge on any atom is 0.410 e. The molecule has 1 aliphatic carbocycles. The van der Waals surface area contributed by atoms with E-state index in [-0.39, 0.29) is 16.2 Å². The molecule has 1 aromatic carbocycles. The second kappa shape index (κ2) is 9.40. The minimum absolute atomic E-state index is 0.130. The molecule has 0 unspecified atom stereocenters. The number of benzene rings is 1. The maximum atomic E-state index is 13.3. The highest BCUT2D eigenvalue weighted by atomic mass is 32.2. The Kier molecular flexibility index (Phi) is 6.82. The molecule has 188 valence electrons. The van der Waals surface area contributed by atoms with Gasteiger partial charge in [0, 0.05) is 23.9 Å². The first-order valence-corrected chi connectivity index (χ1v) is 13.7. The summed E-state index contributed by atoms with van der Waals surface area (Å²) >= 11 is 1.15. The topological polar surface area (TPSA) is 102 Å². The number of esters is 1. The van der Waals surface area contributed by atoms with Crippen molar-refractivity contribution in [3.05, 3.63) is 59.0 Å². The standard InChI is InChI=1S/C25H30N2O6S2/c1-24(2,3)33-23(29)27-14-12-18(13-15-27)20-10-11-21(34-20)35(30,31)26-25(22(28)32-4)16-19(25)17-8-6-5-7-9-17/h5-12,19,26H,13-16H2,1-4H3/t19-,25+/m1/s1. The number of carbonyl (C=O) groups is 2. The molecule has 1 fully saturated rings. The normalized spacial score (nSPS) is 22.3. The molecule has 2 aromatic rings. The molecule has 2 heterocycles. The first-order chi connectivity index (χ1) is 16.4. The summed E-state index contributed by atoms with van der Waals surface area (Å²) in [6.45, 7) is 6.36. The number of ether oxygens (including phenoxy) is 2. The summed E-state index contributed by atoms with van der Waals surface area (Å²) in [5, 5.41) is 0. The van der Waals surface area contributed by atoms with E-state index in [1.54, 1.807) is 17.0 Å². The number of hydrogen-bond donors (Lipinski definition) is 1. The summed E-state index contributed by atoms with van der Waals surface area (Å²) in [5.41, 5.74) is -0.00733. The van der Waals surface area contributed by atoms with E-state index < -0.39 is 27.1 Å². The fraction of sp³-hybridized carbons (Fsp3) is 0.440. The number of carbonyl (C=O) groups excluding carboxylic acids is 2. The molecule has 1 saturated carbocycles. The molecule has 0 spiro atoms. The summed E-state index contributed by atoms with van der Waals surface area (Å²) in [4.78, 5) is 27.3. The van der Waals surface area contributed by atoms with Gasteiger partial charge in [0.25, 0.3) is 10.0 Å². The zero-order chi connectivity index (χ0) is 25.4. The fourth-order valence-corrected chi connectivity index (χ4v) is 7.00. The van der Waals surface area contributed by atoms with Crippen LogP contribution >= 0.6 is 11.3 Å². The van der Waals surface area contributed by atoms with E-state index in [2.05, 4.69) is 4.72 Å². The van der Waals surface area contributed by atoms with Crippen molar-refractivity contribution < 1.29 is 27.5 Å². The van der Waals surface area contributed by atoms with Crippen LogP contribution in [0.2, 0.25) is 0 Å². The van der Waals surface area contributed by atoms with E-state index in [0.717, 1.165) is 27.4 Å². The number of amides is 1. The molecule has 35 heavy (non-hydrogen) atoms. The van der Waals surface area contributed by atoms with Crippen LogP contribution in [0.15, 0.2) is 52.7 Å². The van der Waals surface area contributed by atoms with E-state index in [1.165, 1.54) is 7.11 Å². The Morgan fingerprint density at radius 3 is 2.46 bits per heavy atom.